The predicted octanol–water partition coefficient (Wildman–Crippen LogP) is 2.28. The minimum Gasteiger partial charge on any atom is -0.379 e. The number of hydrogen-bond donors (Lipinski definition) is 2. The summed E-state index contributed by atoms with van der Waals surface area (Å²) in [5.41, 5.74) is 10.7. The van der Waals surface area contributed by atoms with Crippen molar-refractivity contribution in [1.29, 1.82) is 0 Å². The molecule has 178 valence electrons. The lowest BCUT2D eigenvalue weighted by Crippen LogP contribution is -2.42. The second-order valence-electron chi connectivity index (χ2n) is 9.25. The van der Waals surface area contributed by atoms with Gasteiger partial charge in [0.05, 0.1) is 32.1 Å². The first kappa shape index (κ1) is 22.5. The molecule has 2 aromatic rings. The summed E-state index contributed by atoms with van der Waals surface area (Å²) in [4.78, 5) is 14.7. The quantitative estimate of drug-likeness (QED) is 0.619. The summed E-state index contributed by atoms with van der Waals surface area (Å²) in [7, 11) is 0. The van der Waals surface area contributed by atoms with E-state index in [0.717, 1.165) is 107 Å². The lowest BCUT2D eigenvalue weighted by Gasteiger charge is -2.32. The third-order valence-corrected chi connectivity index (χ3v) is 6.82. The summed E-state index contributed by atoms with van der Waals surface area (Å²) in [5, 5.41) is 3.58. The molecule has 5 rings (SSSR count). The molecule has 33 heavy (non-hydrogen) atoms. The van der Waals surface area contributed by atoms with E-state index in [2.05, 4.69) is 39.4 Å². The Hall–Kier alpha value is -2.26. The molecule has 2 fully saturated rings. The van der Waals surface area contributed by atoms with E-state index in [-0.39, 0.29) is 6.04 Å². The van der Waals surface area contributed by atoms with Gasteiger partial charge in [0.1, 0.15) is 5.82 Å². The topological polar surface area (TPSA) is 88.8 Å². The normalized spacial score (nSPS) is 21.6. The highest BCUT2D eigenvalue weighted by Crippen LogP contribution is 2.28. The average molecular weight is 453 g/mol. The number of anilines is 2. The molecule has 3 N–H and O–H groups in total. The minimum atomic E-state index is 0.265. The van der Waals surface area contributed by atoms with Crippen LogP contribution in [0.3, 0.4) is 0 Å². The number of aromatic nitrogens is 2. The molecular formula is C25H36N6O2. The lowest BCUT2D eigenvalue weighted by atomic mass is 10.1. The largest absolute Gasteiger partial charge is 0.379 e. The van der Waals surface area contributed by atoms with Crippen molar-refractivity contribution < 1.29 is 9.47 Å². The van der Waals surface area contributed by atoms with Crippen LogP contribution in [0.5, 0.6) is 0 Å². The Bertz CT molecular complexity index is 916. The number of nitrogens with one attached hydrogen (secondary N) is 1. The van der Waals surface area contributed by atoms with Gasteiger partial charge in [0.25, 0.3) is 0 Å². The van der Waals surface area contributed by atoms with Crippen LogP contribution in [0.4, 0.5) is 11.5 Å². The van der Waals surface area contributed by atoms with E-state index in [1.54, 1.807) is 0 Å². The Kier molecular flexibility index (Phi) is 7.36. The monoisotopic (exact) mass is 452 g/mol. The van der Waals surface area contributed by atoms with E-state index in [1.165, 1.54) is 5.69 Å². The Morgan fingerprint density at radius 2 is 1.88 bits per heavy atom. The van der Waals surface area contributed by atoms with E-state index in [9.17, 15) is 0 Å². The van der Waals surface area contributed by atoms with Crippen molar-refractivity contribution in [3.8, 4) is 11.4 Å². The second-order valence-corrected chi connectivity index (χ2v) is 9.25. The summed E-state index contributed by atoms with van der Waals surface area (Å²) in [5.74, 6) is 1.70. The zero-order chi connectivity index (χ0) is 22.5. The molecule has 0 bridgehead atoms. The van der Waals surface area contributed by atoms with Gasteiger partial charge in [-0.25, -0.2) is 9.97 Å². The highest BCUT2D eigenvalue weighted by atomic mass is 16.5. The highest BCUT2D eigenvalue weighted by molar-refractivity contribution is 5.63. The number of benzene rings is 1. The lowest BCUT2D eigenvalue weighted by molar-refractivity contribution is 0.0378. The third-order valence-electron chi connectivity index (χ3n) is 6.82. The molecule has 1 atom stereocenters. The maximum absolute atomic E-state index is 6.17. The first-order valence-electron chi connectivity index (χ1n) is 12.4. The summed E-state index contributed by atoms with van der Waals surface area (Å²) in [6.07, 6.45) is 4.17. The van der Waals surface area contributed by atoms with Gasteiger partial charge < -0.3 is 25.4 Å². The van der Waals surface area contributed by atoms with Crippen molar-refractivity contribution in [2.75, 3.05) is 69.3 Å². The van der Waals surface area contributed by atoms with Gasteiger partial charge in [-0.05, 0) is 50.1 Å². The molecule has 8 heteroatoms. The van der Waals surface area contributed by atoms with E-state index in [1.807, 2.05) is 0 Å². The zero-order valence-electron chi connectivity index (χ0n) is 19.5. The molecule has 4 heterocycles. The fourth-order valence-electron chi connectivity index (χ4n) is 4.91. The van der Waals surface area contributed by atoms with Crippen LogP contribution in [0.25, 0.3) is 11.4 Å². The number of piperidine rings is 1. The number of morpholine rings is 1. The number of ether oxygens (including phenoxy) is 2. The fourth-order valence-corrected chi connectivity index (χ4v) is 4.91. The summed E-state index contributed by atoms with van der Waals surface area (Å²) in [6.45, 7) is 9.00. The predicted molar refractivity (Wildman–Crippen MR) is 131 cm³/mol. The van der Waals surface area contributed by atoms with Crippen molar-refractivity contribution in [1.82, 2.24) is 14.9 Å². The van der Waals surface area contributed by atoms with Crippen LogP contribution in [0.2, 0.25) is 0 Å². The van der Waals surface area contributed by atoms with E-state index >= 15 is 0 Å². The number of hydrogen-bond acceptors (Lipinski definition) is 8. The molecule has 0 aliphatic carbocycles. The van der Waals surface area contributed by atoms with Crippen molar-refractivity contribution in [3.63, 3.8) is 0 Å². The number of fused-ring (bicyclic) bond motifs is 1. The minimum absolute atomic E-state index is 0.265. The SMILES string of the molecule is N[C@H]1CCCN(c2ccc(-c3nc4c(c(NCCCN5CCOCC5)n3)COCC4)cc2)C1. The van der Waals surface area contributed by atoms with E-state index in [4.69, 9.17) is 25.2 Å². The maximum Gasteiger partial charge on any atom is 0.161 e. The molecule has 2 saturated heterocycles. The van der Waals surface area contributed by atoms with Crippen LogP contribution in [-0.2, 0) is 22.5 Å². The smallest absolute Gasteiger partial charge is 0.161 e. The fraction of sp³-hybridized carbons (Fsp3) is 0.600. The Morgan fingerprint density at radius 3 is 2.70 bits per heavy atom. The standard InChI is InChI=1S/C25H36N6O2/c26-20-3-1-11-31(17-20)21-6-4-19(5-7-21)24-28-23-8-14-33-18-22(23)25(29-24)27-9-2-10-30-12-15-32-16-13-30/h4-7,20H,1-3,8-18,26H2,(H,27,28,29)/t20-/m0/s1. The van der Waals surface area contributed by atoms with Crippen LogP contribution < -0.4 is 16.0 Å². The molecular weight excluding hydrogens is 416 g/mol. The van der Waals surface area contributed by atoms with Crippen molar-refractivity contribution in [2.45, 2.75) is 38.3 Å². The second kappa shape index (κ2) is 10.8. The zero-order valence-corrected chi connectivity index (χ0v) is 19.5. The van der Waals surface area contributed by atoms with Crippen LogP contribution in [0.1, 0.15) is 30.5 Å². The first-order valence-corrected chi connectivity index (χ1v) is 12.4. The van der Waals surface area contributed by atoms with Crippen LogP contribution in [0, 0.1) is 0 Å². The average Bonchev–Trinajstić information content (AvgIpc) is 2.87. The molecule has 8 nitrogen and oxygen atoms in total. The van der Waals surface area contributed by atoms with Crippen molar-refractivity contribution >= 4 is 11.5 Å². The molecule has 1 aromatic heterocycles. The van der Waals surface area contributed by atoms with E-state index in [0.29, 0.717) is 13.2 Å². The molecule has 1 aromatic carbocycles. The van der Waals surface area contributed by atoms with Gasteiger partial charge in [-0.3, -0.25) is 4.90 Å². The summed E-state index contributed by atoms with van der Waals surface area (Å²) in [6, 6.07) is 8.89. The van der Waals surface area contributed by atoms with Gasteiger partial charge >= 0.3 is 0 Å². The Balaban J connectivity index is 1.28. The molecule has 0 unspecified atom stereocenters. The number of nitrogens with two attached hydrogens (primary N) is 1. The molecule has 0 saturated carbocycles. The molecule has 0 radical (unpaired) electrons. The number of nitrogens with zero attached hydrogens (tertiary/aromatic N) is 4. The van der Waals surface area contributed by atoms with Crippen LogP contribution in [0.15, 0.2) is 24.3 Å². The molecule has 3 aliphatic heterocycles. The van der Waals surface area contributed by atoms with E-state index < -0.39 is 0 Å². The maximum atomic E-state index is 6.17. The van der Waals surface area contributed by atoms with Gasteiger partial charge in [0.15, 0.2) is 5.82 Å². The number of rotatable bonds is 7. The molecule has 0 spiro atoms. The third kappa shape index (κ3) is 5.63. The van der Waals surface area contributed by atoms with Gasteiger partial charge in [0, 0.05) is 62.0 Å². The van der Waals surface area contributed by atoms with Gasteiger partial charge in [-0.1, -0.05) is 0 Å². The van der Waals surface area contributed by atoms with Gasteiger partial charge in [-0.15, -0.1) is 0 Å². The van der Waals surface area contributed by atoms with Crippen LogP contribution >= 0.6 is 0 Å². The Morgan fingerprint density at radius 1 is 1.03 bits per heavy atom. The van der Waals surface area contributed by atoms with Crippen LogP contribution in [-0.4, -0.2) is 80.0 Å². The Labute approximate surface area is 196 Å². The first-order chi connectivity index (χ1) is 16.3. The molecule has 0 amide bonds. The molecule has 3 aliphatic rings. The van der Waals surface area contributed by atoms with Gasteiger partial charge in [0.2, 0.25) is 0 Å². The summed E-state index contributed by atoms with van der Waals surface area (Å²) < 4.78 is 11.2. The summed E-state index contributed by atoms with van der Waals surface area (Å²) >= 11 is 0. The van der Waals surface area contributed by atoms with Crippen molar-refractivity contribution in [2.24, 2.45) is 5.73 Å². The highest BCUT2D eigenvalue weighted by Gasteiger charge is 2.20. The van der Waals surface area contributed by atoms with Crippen molar-refractivity contribution in [3.05, 3.63) is 35.5 Å². The van der Waals surface area contributed by atoms with Gasteiger partial charge in [-0.2, -0.15) is 0 Å².